The van der Waals surface area contributed by atoms with Crippen molar-refractivity contribution in [2.24, 2.45) is 0 Å². The van der Waals surface area contributed by atoms with Crippen molar-refractivity contribution >= 4 is 22.7 Å². The number of imidazole rings is 1. The van der Waals surface area contributed by atoms with Crippen LogP contribution in [-0.4, -0.2) is 59.0 Å². The van der Waals surface area contributed by atoms with Gasteiger partial charge >= 0.3 is 0 Å². The Bertz CT molecular complexity index is 1130. The Balaban J connectivity index is 2.02. The van der Waals surface area contributed by atoms with Gasteiger partial charge in [0, 0.05) is 31.5 Å². The third-order valence-electron chi connectivity index (χ3n) is 5.02. The lowest BCUT2D eigenvalue weighted by Crippen LogP contribution is -2.27. The number of pyridine rings is 1. The van der Waals surface area contributed by atoms with E-state index < -0.39 is 11.4 Å². The maximum absolute atomic E-state index is 14.3. The number of anilines is 1. The second-order valence-corrected chi connectivity index (χ2v) is 7.51. The quantitative estimate of drug-likeness (QED) is 0.594. The van der Waals surface area contributed by atoms with Gasteiger partial charge in [0.15, 0.2) is 0 Å². The zero-order valence-corrected chi connectivity index (χ0v) is 17.4. The Morgan fingerprint density at radius 3 is 2.66 bits per heavy atom. The molecule has 1 aromatic carbocycles. The smallest absolute Gasteiger partial charge is 0.261 e. The highest BCUT2D eigenvalue weighted by Crippen LogP contribution is 2.29. The molecule has 0 radical (unpaired) electrons. The number of nitrogens with one attached hydrogen (secondary N) is 2. The largest absolute Gasteiger partial charge is 0.397 e. The topological polar surface area (TPSA) is 94.0 Å². The number of hydrogen-bond donors (Lipinski definition) is 3. The lowest BCUT2D eigenvalue weighted by Gasteiger charge is -2.22. The molecule has 154 valence electrons. The van der Waals surface area contributed by atoms with Crippen molar-refractivity contribution in [2.45, 2.75) is 13.8 Å². The minimum atomic E-state index is -0.487. The summed E-state index contributed by atoms with van der Waals surface area (Å²) in [6.45, 7) is 5.70. The van der Waals surface area contributed by atoms with Crippen LogP contribution in [0.15, 0.2) is 28.7 Å². The molecule has 0 bridgehead atoms. The first-order chi connectivity index (χ1) is 13.7. The number of nitrogens with two attached hydrogens (primary N) is 1. The number of benzene rings is 1. The third-order valence-corrected chi connectivity index (χ3v) is 5.02. The summed E-state index contributed by atoms with van der Waals surface area (Å²) in [7, 11) is 6.09. The van der Waals surface area contributed by atoms with E-state index in [0.717, 1.165) is 24.5 Å². The highest BCUT2D eigenvalue weighted by molar-refractivity contribution is 5.97. The van der Waals surface area contributed by atoms with E-state index in [1.165, 1.54) is 12.1 Å². The zero-order valence-electron chi connectivity index (χ0n) is 17.4. The molecule has 0 saturated carbocycles. The Kier molecular flexibility index (Phi) is 5.74. The van der Waals surface area contributed by atoms with Crippen LogP contribution in [0, 0.1) is 12.7 Å². The van der Waals surface area contributed by atoms with E-state index in [1.54, 1.807) is 6.07 Å². The molecular weight excluding hydrogens is 371 g/mol. The molecule has 0 atom stereocenters. The van der Waals surface area contributed by atoms with Gasteiger partial charge in [-0.15, -0.1) is 0 Å². The predicted octanol–water partition coefficient (Wildman–Crippen LogP) is 2.80. The number of hydrogen-bond acceptors (Lipinski definition) is 5. The third kappa shape index (κ3) is 4.17. The number of halogens is 1. The lowest BCUT2D eigenvalue weighted by atomic mass is 10.1. The molecule has 0 fully saturated rings. The first kappa shape index (κ1) is 20.6. The maximum atomic E-state index is 14.3. The van der Waals surface area contributed by atoms with Gasteiger partial charge in [-0.3, -0.25) is 4.79 Å². The van der Waals surface area contributed by atoms with E-state index in [0.29, 0.717) is 17.0 Å². The molecular formula is C21H27FN6O. The first-order valence-electron chi connectivity index (χ1n) is 9.40. The summed E-state index contributed by atoms with van der Waals surface area (Å²) in [5, 5.41) is 0.188. The zero-order chi connectivity index (χ0) is 21.3. The molecule has 2 aromatic heterocycles. The van der Waals surface area contributed by atoms with Gasteiger partial charge in [0.2, 0.25) is 0 Å². The SMILES string of the molecule is C/C(=C\c1nc(-c2c(N)c3c(F)cccc3[nH]c2=O)[nH]c1C)N(C)CCN(C)C. The fraction of sp³-hybridized carbons (Fsp3) is 0.333. The summed E-state index contributed by atoms with van der Waals surface area (Å²) in [5.41, 5.74) is 8.90. The molecule has 29 heavy (non-hydrogen) atoms. The molecule has 0 aliphatic heterocycles. The van der Waals surface area contributed by atoms with Crippen molar-refractivity contribution in [1.29, 1.82) is 0 Å². The standard InChI is InChI=1S/C21H27FN6O/c1-12(28(5)10-9-27(3)4)11-16-13(2)24-20(25-16)18-19(23)17-14(22)7-6-8-15(17)26-21(18)29/h6-8,11H,9-10H2,1-5H3,(H,24,25)(H3,23,26,29)/b12-11+. The monoisotopic (exact) mass is 398 g/mol. The number of fused-ring (bicyclic) bond motifs is 1. The molecule has 3 rings (SSSR count). The number of aryl methyl sites for hydroxylation is 1. The van der Waals surface area contributed by atoms with E-state index >= 15 is 0 Å². The summed E-state index contributed by atoms with van der Waals surface area (Å²) < 4.78 is 14.3. The fourth-order valence-corrected chi connectivity index (χ4v) is 3.14. The normalized spacial score (nSPS) is 12.2. The van der Waals surface area contributed by atoms with Gasteiger partial charge in [0.05, 0.1) is 22.3 Å². The number of aromatic amines is 2. The molecule has 0 spiro atoms. The molecule has 7 nitrogen and oxygen atoms in total. The number of nitrogens with zero attached hydrogens (tertiary/aromatic N) is 3. The average molecular weight is 398 g/mol. The Labute approximate surface area is 169 Å². The van der Waals surface area contributed by atoms with Crippen LogP contribution in [0.25, 0.3) is 28.4 Å². The fourth-order valence-electron chi connectivity index (χ4n) is 3.14. The van der Waals surface area contributed by atoms with Crippen molar-refractivity contribution in [3.63, 3.8) is 0 Å². The van der Waals surface area contributed by atoms with Crippen LogP contribution in [0.1, 0.15) is 18.3 Å². The first-order valence-corrected chi connectivity index (χ1v) is 9.40. The molecule has 0 saturated heterocycles. The van der Waals surface area contributed by atoms with Gasteiger partial charge in [-0.1, -0.05) is 6.07 Å². The van der Waals surface area contributed by atoms with Gasteiger partial charge in [-0.2, -0.15) is 0 Å². The van der Waals surface area contributed by atoms with Crippen molar-refractivity contribution in [2.75, 3.05) is 40.0 Å². The molecule has 0 unspecified atom stereocenters. The van der Waals surface area contributed by atoms with E-state index in [2.05, 4.69) is 24.8 Å². The van der Waals surface area contributed by atoms with Crippen molar-refractivity contribution in [3.8, 4) is 11.4 Å². The summed E-state index contributed by atoms with van der Waals surface area (Å²) in [5.74, 6) is -0.166. The van der Waals surface area contributed by atoms with Crippen molar-refractivity contribution in [1.82, 2.24) is 24.8 Å². The number of H-pyrrole nitrogens is 2. The summed E-state index contributed by atoms with van der Waals surface area (Å²) >= 11 is 0. The number of aromatic nitrogens is 3. The van der Waals surface area contributed by atoms with Crippen LogP contribution in [0.4, 0.5) is 10.1 Å². The van der Waals surface area contributed by atoms with E-state index in [-0.39, 0.29) is 16.6 Å². The molecule has 8 heteroatoms. The second-order valence-electron chi connectivity index (χ2n) is 7.51. The summed E-state index contributed by atoms with van der Waals surface area (Å²) in [4.78, 5) is 27.2. The molecule has 4 N–H and O–H groups in total. The van der Waals surface area contributed by atoms with E-state index in [4.69, 9.17) is 5.73 Å². The number of rotatable bonds is 6. The highest BCUT2D eigenvalue weighted by Gasteiger charge is 2.18. The minimum Gasteiger partial charge on any atom is -0.397 e. The predicted molar refractivity (Wildman–Crippen MR) is 116 cm³/mol. The summed E-state index contributed by atoms with van der Waals surface area (Å²) in [6.07, 6.45) is 1.96. The van der Waals surface area contributed by atoms with Crippen LogP contribution in [0.2, 0.25) is 0 Å². The van der Waals surface area contributed by atoms with Gasteiger partial charge in [-0.25, -0.2) is 9.37 Å². The van der Waals surface area contributed by atoms with Gasteiger partial charge in [-0.05, 0) is 46.2 Å². The van der Waals surface area contributed by atoms with Gasteiger partial charge in [0.25, 0.3) is 5.56 Å². The maximum Gasteiger partial charge on any atom is 0.261 e. The molecule has 3 aromatic rings. The minimum absolute atomic E-state index is 0.0750. The molecule has 0 amide bonds. The Hall–Kier alpha value is -3.13. The van der Waals surface area contributed by atoms with E-state index in [1.807, 2.05) is 41.1 Å². The number of nitrogen functional groups attached to an aromatic ring is 1. The number of allylic oxidation sites excluding steroid dienone is 1. The van der Waals surface area contributed by atoms with E-state index in [9.17, 15) is 9.18 Å². The average Bonchev–Trinajstić information content (AvgIpc) is 2.99. The highest BCUT2D eigenvalue weighted by atomic mass is 19.1. The van der Waals surface area contributed by atoms with Crippen LogP contribution in [0.5, 0.6) is 0 Å². The van der Waals surface area contributed by atoms with Gasteiger partial charge in [0.1, 0.15) is 17.2 Å². The molecule has 2 heterocycles. The van der Waals surface area contributed by atoms with Crippen molar-refractivity contribution < 1.29 is 4.39 Å². The van der Waals surface area contributed by atoms with Crippen LogP contribution >= 0.6 is 0 Å². The van der Waals surface area contributed by atoms with Gasteiger partial charge < -0.3 is 25.5 Å². The second kappa shape index (κ2) is 8.08. The van der Waals surface area contributed by atoms with Crippen LogP contribution in [-0.2, 0) is 0 Å². The lowest BCUT2D eigenvalue weighted by molar-refractivity contribution is 0.327. The van der Waals surface area contributed by atoms with Crippen LogP contribution in [0.3, 0.4) is 0 Å². The number of likely N-dealkylation sites (N-methyl/N-ethyl adjacent to an activating group) is 2. The molecule has 0 aliphatic rings. The summed E-state index contributed by atoms with van der Waals surface area (Å²) in [6, 6.07) is 4.46. The van der Waals surface area contributed by atoms with Crippen LogP contribution < -0.4 is 11.3 Å². The Morgan fingerprint density at radius 2 is 1.97 bits per heavy atom. The Morgan fingerprint density at radius 1 is 1.24 bits per heavy atom. The molecule has 0 aliphatic carbocycles. The van der Waals surface area contributed by atoms with Crippen molar-refractivity contribution in [3.05, 3.63) is 51.5 Å².